The van der Waals surface area contributed by atoms with Gasteiger partial charge in [0.1, 0.15) is 0 Å². The highest BCUT2D eigenvalue weighted by Gasteiger charge is 2.26. The Labute approximate surface area is 164 Å². The summed E-state index contributed by atoms with van der Waals surface area (Å²) in [6.07, 6.45) is 1.64. The molecule has 1 fully saturated rings. The molecule has 3 amide bonds. The molecule has 1 aliphatic rings. The molecule has 150 valence electrons. The molecular formula is C20H27N5O3. The topological polar surface area (TPSA) is 100 Å². The lowest BCUT2D eigenvalue weighted by Crippen LogP contribution is -2.36. The van der Waals surface area contributed by atoms with E-state index in [4.69, 9.17) is 4.52 Å². The number of urea groups is 1. The Morgan fingerprint density at radius 3 is 2.71 bits per heavy atom. The number of carbonyl (C=O) groups excluding carboxylic acids is 2. The van der Waals surface area contributed by atoms with Gasteiger partial charge in [-0.05, 0) is 30.9 Å². The number of amides is 3. The van der Waals surface area contributed by atoms with E-state index in [2.05, 4.69) is 20.8 Å². The third-order valence-electron chi connectivity index (χ3n) is 4.78. The Bertz CT molecular complexity index is 825. The molecule has 0 unspecified atom stereocenters. The van der Waals surface area contributed by atoms with Crippen molar-refractivity contribution in [3.8, 4) is 11.4 Å². The molecule has 1 aromatic carbocycles. The summed E-state index contributed by atoms with van der Waals surface area (Å²) in [6.45, 7) is 7.71. The fraction of sp³-hybridized carbons (Fsp3) is 0.500. The zero-order chi connectivity index (χ0) is 20.1. The molecular weight excluding hydrogens is 358 g/mol. The number of carbonyl (C=O) groups is 2. The van der Waals surface area contributed by atoms with E-state index in [1.54, 1.807) is 6.92 Å². The monoisotopic (exact) mass is 385 g/mol. The highest BCUT2D eigenvalue weighted by Crippen LogP contribution is 2.29. The lowest BCUT2D eigenvalue weighted by molar-refractivity contribution is -0.129. The number of likely N-dealkylation sites (tertiary alicyclic amines) is 1. The van der Waals surface area contributed by atoms with Crippen LogP contribution in [-0.2, 0) is 4.79 Å². The predicted octanol–water partition coefficient (Wildman–Crippen LogP) is 3.24. The van der Waals surface area contributed by atoms with Gasteiger partial charge in [0, 0.05) is 43.7 Å². The van der Waals surface area contributed by atoms with Crippen molar-refractivity contribution in [1.82, 2.24) is 20.4 Å². The van der Waals surface area contributed by atoms with Crippen LogP contribution in [0.25, 0.3) is 11.4 Å². The number of nitrogens with zero attached hydrogens (tertiary/aromatic N) is 3. The molecule has 2 aromatic rings. The largest absolute Gasteiger partial charge is 0.343 e. The van der Waals surface area contributed by atoms with Gasteiger partial charge in [-0.25, -0.2) is 4.79 Å². The third kappa shape index (κ3) is 5.09. The maximum Gasteiger partial charge on any atom is 0.319 e. The van der Waals surface area contributed by atoms with E-state index in [0.717, 1.165) is 18.4 Å². The van der Waals surface area contributed by atoms with Crippen molar-refractivity contribution < 1.29 is 14.1 Å². The van der Waals surface area contributed by atoms with Crippen LogP contribution < -0.4 is 10.6 Å². The summed E-state index contributed by atoms with van der Waals surface area (Å²) in [6, 6.07) is 7.12. The number of hydrogen-bond acceptors (Lipinski definition) is 5. The highest BCUT2D eigenvalue weighted by molar-refractivity contribution is 5.89. The average molecular weight is 385 g/mol. The Balaban J connectivity index is 1.63. The van der Waals surface area contributed by atoms with Gasteiger partial charge in [0.2, 0.25) is 17.6 Å². The first-order valence-corrected chi connectivity index (χ1v) is 9.66. The van der Waals surface area contributed by atoms with Gasteiger partial charge in [-0.1, -0.05) is 31.1 Å². The lowest BCUT2D eigenvalue weighted by atomic mass is 9.97. The Kier molecular flexibility index (Phi) is 6.28. The molecule has 1 aromatic heterocycles. The van der Waals surface area contributed by atoms with Gasteiger partial charge in [0.25, 0.3) is 0 Å². The molecule has 1 saturated heterocycles. The van der Waals surface area contributed by atoms with E-state index in [1.807, 2.05) is 43.0 Å². The number of nitrogens with one attached hydrogen (secondary N) is 2. The molecule has 2 N–H and O–H groups in total. The van der Waals surface area contributed by atoms with Gasteiger partial charge in [-0.2, -0.15) is 4.98 Å². The molecule has 8 heteroatoms. The van der Waals surface area contributed by atoms with Gasteiger partial charge in [0.05, 0.1) is 0 Å². The third-order valence-corrected chi connectivity index (χ3v) is 4.78. The maximum absolute atomic E-state index is 11.9. The van der Waals surface area contributed by atoms with Crippen molar-refractivity contribution in [2.75, 3.05) is 25.0 Å². The molecule has 0 bridgehead atoms. The van der Waals surface area contributed by atoms with Crippen molar-refractivity contribution in [3.05, 3.63) is 30.2 Å². The zero-order valence-corrected chi connectivity index (χ0v) is 16.6. The van der Waals surface area contributed by atoms with Gasteiger partial charge < -0.3 is 20.1 Å². The van der Waals surface area contributed by atoms with Crippen molar-refractivity contribution >= 4 is 17.6 Å². The minimum absolute atomic E-state index is 0.103. The smallest absolute Gasteiger partial charge is 0.319 e. The molecule has 28 heavy (non-hydrogen) atoms. The van der Waals surface area contributed by atoms with E-state index in [-0.39, 0.29) is 17.9 Å². The number of rotatable bonds is 5. The standard InChI is InChI=1S/C20H27N5O3/c1-13(2)12-21-20(27)22-17-6-4-5-16(11-17)18-23-19(28-24-18)15-7-9-25(10-8-15)14(3)26/h4-6,11,13,15H,7-10,12H2,1-3H3,(H2,21,22,27). The minimum atomic E-state index is -0.239. The summed E-state index contributed by atoms with van der Waals surface area (Å²) in [7, 11) is 0. The second-order valence-corrected chi connectivity index (χ2v) is 7.55. The van der Waals surface area contributed by atoms with Crippen LogP contribution in [0.5, 0.6) is 0 Å². The first-order valence-electron chi connectivity index (χ1n) is 9.66. The highest BCUT2D eigenvalue weighted by atomic mass is 16.5. The number of aromatic nitrogens is 2. The molecule has 0 spiro atoms. The van der Waals surface area contributed by atoms with Crippen LogP contribution in [0.3, 0.4) is 0 Å². The number of benzene rings is 1. The molecule has 0 atom stereocenters. The van der Waals surface area contributed by atoms with Gasteiger partial charge in [-0.3, -0.25) is 4.79 Å². The van der Waals surface area contributed by atoms with E-state index in [1.165, 1.54) is 0 Å². The summed E-state index contributed by atoms with van der Waals surface area (Å²) >= 11 is 0. The summed E-state index contributed by atoms with van der Waals surface area (Å²) in [5.74, 6) is 1.75. The molecule has 0 saturated carbocycles. The van der Waals surface area contributed by atoms with Crippen molar-refractivity contribution in [2.45, 2.75) is 39.5 Å². The second-order valence-electron chi connectivity index (χ2n) is 7.55. The van der Waals surface area contributed by atoms with Gasteiger partial charge in [0.15, 0.2) is 0 Å². The number of piperidine rings is 1. The molecule has 2 heterocycles. The fourth-order valence-electron chi connectivity index (χ4n) is 3.17. The van der Waals surface area contributed by atoms with Crippen molar-refractivity contribution in [2.24, 2.45) is 5.92 Å². The molecule has 0 aliphatic carbocycles. The molecule has 1 aliphatic heterocycles. The SMILES string of the molecule is CC(=O)N1CCC(c2nc(-c3cccc(NC(=O)NCC(C)C)c3)no2)CC1. The second kappa shape index (κ2) is 8.86. The van der Waals surface area contributed by atoms with Crippen LogP contribution in [0.15, 0.2) is 28.8 Å². The summed E-state index contributed by atoms with van der Waals surface area (Å²) < 4.78 is 5.48. The van der Waals surface area contributed by atoms with E-state index >= 15 is 0 Å². The van der Waals surface area contributed by atoms with Crippen LogP contribution in [0.1, 0.15) is 45.4 Å². The quantitative estimate of drug-likeness (QED) is 0.823. The van der Waals surface area contributed by atoms with Gasteiger partial charge >= 0.3 is 6.03 Å². The molecule has 0 radical (unpaired) electrons. The molecule has 8 nitrogen and oxygen atoms in total. The van der Waals surface area contributed by atoms with Crippen LogP contribution >= 0.6 is 0 Å². The first-order chi connectivity index (χ1) is 13.4. The number of anilines is 1. The zero-order valence-electron chi connectivity index (χ0n) is 16.6. The van der Waals surface area contributed by atoms with E-state index < -0.39 is 0 Å². The fourth-order valence-corrected chi connectivity index (χ4v) is 3.17. The summed E-state index contributed by atoms with van der Waals surface area (Å²) in [4.78, 5) is 29.8. The van der Waals surface area contributed by atoms with Crippen molar-refractivity contribution in [1.29, 1.82) is 0 Å². The normalized spacial score (nSPS) is 14.9. The summed E-state index contributed by atoms with van der Waals surface area (Å²) in [5, 5.41) is 9.74. The van der Waals surface area contributed by atoms with Gasteiger partial charge in [-0.15, -0.1) is 0 Å². The van der Waals surface area contributed by atoms with Crippen LogP contribution in [0.2, 0.25) is 0 Å². The predicted molar refractivity (Wildman–Crippen MR) is 106 cm³/mol. The first kappa shape index (κ1) is 19.9. The van der Waals surface area contributed by atoms with E-state index in [9.17, 15) is 9.59 Å². The lowest BCUT2D eigenvalue weighted by Gasteiger charge is -2.29. The molecule has 3 rings (SSSR count). The van der Waals surface area contributed by atoms with E-state index in [0.29, 0.717) is 43.0 Å². The van der Waals surface area contributed by atoms with Crippen molar-refractivity contribution in [3.63, 3.8) is 0 Å². The maximum atomic E-state index is 11.9. The van der Waals surface area contributed by atoms with Crippen LogP contribution in [0, 0.1) is 5.92 Å². The van der Waals surface area contributed by atoms with Crippen LogP contribution in [0.4, 0.5) is 10.5 Å². The minimum Gasteiger partial charge on any atom is -0.343 e. The number of hydrogen-bond donors (Lipinski definition) is 2. The Morgan fingerprint density at radius 1 is 1.29 bits per heavy atom. The van der Waals surface area contributed by atoms with Crippen LogP contribution in [-0.4, -0.2) is 46.6 Å². The Hall–Kier alpha value is -2.90. The average Bonchev–Trinajstić information content (AvgIpc) is 3.17. The summed E-state index contributed by atoms with van der Waals surface area (Å²) in [5.41, 5.74) is 1.44. The Morgan fingerprint density at radius 2 is 2.04 bits per heavy atom.